The lowest BCUT2D eigenvalue weighted by molar-refractivity contribution is 0.207. The van der Waals surface area contributed by atoms with Crippen molar-refractivity contribution < 1.29 is 19.7 Å². The van der Waals surface area contributed by atoms with Crippen LogP contribution >= 0.6 is 0 Å². The number of hydrogen-bond acceptors (Lipinski definition) is 8. The number of aryl methyl sites for hydroxylation is 1. The quantitative estimate of drug-likeness (QED) is 0.323. The average Bonchev–Trinajstić information content (AvgIpc) is 3.49. The van der Waals surface area contributed by atoms with E-state index in [1.54, 1.807) is 59.3 Å². The Morgan fingerprint density at radius 2 is 2.03 bits per heavy atom. The van der Waals surface area contributed by atoms with Gasteiger partial charge in [-0.3, -0.25) is 10.3 Å². The van der Waals surface area contributed by atoms with E-state index >= 15 is 0 Å². The Balaban J connectivity index is 1.61. The summed E-state index contributed by atoms with van der Waals surface area (Å²) >= 11 is 0. The number of anilines is 1. The van der Waals surface area contributed by atoms with Crippen molar-refractivity contribution in [3.8, 4) is 11.4 Å². The third-order valence-electron chi connectivity index (χ3n) is 5.40. The number of carboxylic acid groups (broad SMARTS) is 1. The molecule has 0 bridgehead atoms. The van der Waals surface area contributed by atoms with Gasteiger partial charge in [0.05, 0.1) is 30.6 Å². The molecular weight excluding hydrogens is 452 g/mol. The van der Waals surface area contributed by atoms with Gasteiger partial charge in [-0.2, -0.15) is 10.2 Å². The zero-order chi connectivity index (χ0) is 24.5. The summed E-state index contributed by atoms with van der Waals surface area (Å²) in [5.74, 6) is 0.296. The van der Waals surface area contributed by atoms with E-state index in [-0.39, 0.29) is 18.2 Å². The smallest absolute Gasteiger partial charge is 0.410 e. The van der Waals surface area contributed by atoms with Crippen LogP contribution in [0.15, 0.2) is 49.1 Å². The van der Waals surface area contributed by atoms with Crippen molar-refractivity contribution >= 4 is 33.8 Å². The third kappa shape index (κ3) is 4.34. The van der Waals surface area contributed by atoms with Crippen LogP contribution in [0.1, 0.15) is 24.4 Å². The monoisotopic (exact) mass is 474 g/mol. The van der Waals surface area contributed by atoms with Gasteiger partial charge in [0.1, 0.15) is 11.8 Å². The molecule has 3 N–H and O–H groups in total. The molecule has 0 fully saturated rings. The molecule has 0 unspecified atom stereocenters. The van der Waals surface area contributed by atoms with Crippen LogP contribution in [-0.4, -0.2) is 57.4 Å². The lowest BCUT2D eigenvalue weighted by Gasteiger charge is -2.20. The first-order valence-corrected chi connectivity index (χ1v) is 10.8. The van der Waals surface area contributed by atoms with E-state index in [0.717, 1.165) is 11.1 Å². The number of nitrogens with one attached hydrogen (secondary N) is 1. The minimum atomic E-state index is -1.26. The van der Waals surface area contributed by atoms with E-state index in [1.807, 2.05) is 13.0 Å². The van der Waals surface area contributed by atoms with Crippen molar-refractivity contribution in [1.82, 2.24) is 34.5 Å². The van der Waals surface area contributed by atoms with Gasteiger partial charge < -0.3 is 14.9 Å². The van der Waals surface area contributed by atoms with Gasteiger partial charge >= 0.3 is 6.09 Å². The first-order chi connectivity index (χ1) is 16.9. The van der Waals surface area contributed by atoms with Crippen molar-refractivity contribution in [2.45, 2.75) is 26.5 Å². The highest BCUT2D eigenvalue weighted by atomic mass is 16.5. The molecule has 0 aliphatic heterocycles. The second-order valence-electron chi connectivity index (χ2n) is 7.89. The van der Waals surface area contributed by atoms with Gasteiger partial charge in [0.2, 0.25) is 0 Å². The fraction of sp³-hybridized carbons (Fsp3) is 0.217. The summed E-state index contributed by atoms with van der Waals surface area (Å²) in [6, 6.07) is 7.15. The zero-order valence-corrected chi connectivity index (χ0v) is 19.0. The summed E-state index contributed by atoms with van der Waals surface area (Å²) in [5, 5.41) is 31.2. The lowest BCUT2D eigenvalue weighted by atomic mass is 10.1. The van der Waals surface area contributed by atoms with Crippen LogP contribution in [0.4, 0.5) is 10.6 Å². The maximum Gasteiger partial charge on any atom is 0.410 e. The summed E-state index contributed by atoms with van der Waals surface area (Å²) < 4.78 is 9.52. The summed E-state index contributed by atoms with van der Waals surface area (Å²) in [7, 11) is 0. The number of rotatable bonds is 7. The van der Waals surface area contributed by atoms with Crippen LogP contribution in [0.2, 0.25) is 0 Å². The SMILES string of the molecule is Cc1cc2nc(NC(=O)O)c(O[C@@H](C)c3nc4c(cnn4CCO)cc3-n3cccn3)cc2cn1. The van der Waals surface area contributed by atoms with Crippen LogP contribution < -0.4 is 10.1 Å². The summed E-state index contributed by atoms with van der Waals surface area (Å²) in [5.41, 5.74) is 3.15. The van der Waals surface area contributed by atoms with Gasteiger partial charge in [-0.1, -0.05) is 0 Å². The Bertz CT molecular complexity index is 1530. The topological polar surface area (TPSA) is 153 Å². The molecule has 0 spiro atoms. The number of hydrogen-bond donors (Lipinski definition) is 3. The zero-order valence-electron chi connectivity index (χ0n) is 19.0. The fourth-order valence-corrected chi connectivity index (χ4v) is 3.84. The maximum absolute atomic E-state index is 11.4. The molecule has 35 heavy (non-hydrogen) atoms. The molecule has 5 rings (SSSR count). The molecule has 5 heterocycles. The highest BCUT2D eigenvalue weighted by molar-refractivity contribution is 5.89. The van der Waals surface area contributed by atoms with Gasteiger partial charge in [0, 0.05) is 35.1 Å². The minimum Gasteiger partial charge on any atom is -0.480 e. The van der Waals surface area contributed by atoms with E-state index in [9.17, 15) is 15.0 Å². The normalized spacial score (nSPS) is 12.2. The van der Waals surface area contributed by atoms with E-state index in [4.69, 9.17) is 9.72 Å². The summed E-state index contributed by atoms with van der Waals surface area (Å²) in [6.45, 7) is 3.84. The Hall–Kier alpha value is -4.58. The second-order valence-corrected chi connectivity index (χ2v) is 7.89. The molecule has 5 aromatic rings. The first-order valence-electron chi connectivity index (χ1n) is 10.8. The Morgan fingerprint density at radius 1 is 1.17 bits per heavy atom. The molecule has 0 aliphatic rings. The number of amides is 1. The van der Waals surface area contributed by atoms with Gasteiger partial charge in [-0.05, 0) is 38.1 Å². The molecule has 1 atom stereocenters. The Morgan fingerprint density at radius 3 is 2.77 bits per heavy atom. The lowest BCUT2D eigenvalue weighted by Crippen LogP contribution is -2.15. The number of carbonyl (C=O) groups is 1. The van der Waals surface area contributed by atoms with Crippen molar-refractivity contribution in [3.05, 3.63) is 60.4 Å². The number of aliphatic hydroxyl groups is 1. The van der Waals surface area contributed by atoms with Crippen molar-refractivity contribution in [1.29, 1.82) is 0 Å². The van der Waals surface area contributed by atoms with E-state index in [0.29, 0.717) is 34.5 Å². The van der Waals surface area contributed by atoms with Crippen molar-refractivity contribution in [2.24, 2.45) is 0 Å². The number of aromatic nitrogens is 7. The van der Waals surface area contributed by atoms with Crippen LogP contribution in [0.3, 0.4) is 0 Å². The van der Waals surface area contributed by atoms with Gasteiger partial charge in [-0.15, -0.1) is 0 Å². The Labute approximate surface area is 198 Å². The molecule has 5 aromatic heterocycles. The van der Waals surface area contributed by atoms with Gasteiger partial charge in [-0.25, -0.2) is 24.1 Å². The molecule has 0 saturated heterocycles. The number of aliphatic hydroxyl groups excluding tert-OH is 1. The molecule has 0 radical (unpaired) electrons. The molecule has 1 amide bonds. The molecular formula is C23H22N8O4. The highest BCUT2D eigenvalue weighted by Crippen LogP contribution is 2.33. The number of pyridine rings is 3. The van der Waals surface area contributed by atoms with Crippen molar-refractivity contribution in [2.75, 3.05) is 11.9 Å². The number of fused-ring (bicyclic) bond motifs is 2. The summed E-state index contributed by atoms with van der Waals surface area (Å²) in [4.78, 5) is 25.0. The summed E-state index contributed by atoms with van der Waals surface area (Å²) in [6.07, 6.45) is 4.89. The minimum absolute atomic E-state index is 0.0643. The number of ether oxygens (including phenoxy) is 1. The third-order valence-corrected chi connectivity index (χ3v) is 5.40. The van der Waals surface area contributed by atoms with E-state index < -0.39 is 12.2 Å². The van der Waals surface area contributed by atoms with Gasteiger partial charge in [0.25, 0.3) is 0 Å². The van der Waals surface area contributed by atoms with E-state index in [2.05, 4.69) is 25.5 Å². The molecule has 12 heteroatoms. The standard InChI is InChI=1S/C23H22N8O4/c1-13-8-17-15(11-24-13)10-19(21(27-17)29-23(33)34)35-14(2)20-18(30-5-3-4-25-30)9-16-12-26-31(6-7-32)22(16)28-20/h3-5,8-12,14,32H,6-7H2,1-2H3,(H,27,29)(H,33,34)/t14-/m0/s1. The highest BCUT2D eigenvalue weighted by Gasteiger charge is 2.22. The average molecular weight is 474 g/mol. The maximum atomic E-state index is 11.4. The predicted molar refractivity (Wildman–Crippen MR) is 127 cm³/mol. The first kappa shape index (κ1) is 22.2. The van der Waals surface area contributed by atoms with Crippen LogP contribution in [0.25, 0.3) is 27.6 Å². The fourth-order valence-electron chi connectivity index (χ4n) is 3.84. The second kappa shape index (κ2) is 8.99. The number of nitrogens with zero attached hydrogens (tertiary/aromatic N) is 7. The molecule has 12 nitrogen and oxygen atoms in total. The van der Waals surface area contributed by atoms with Gasteiger partial charge in [0.15, 0.2) is 17.2 Å². The van der Waals surface area contributed by atoms with Crippen LogP contribution in [0, 0.1) is 6.92 Å². The largest absolute Gasteiger partial charge is 0.480 e. The van der Waals surface area contributed by atoms with Crippen LogP contribution in [0.5, 0.6) is 5.75 Å². The van der Waals surface area contributed by atoms with Crippen LogP contribution in [-0.2, 0) is 6.54 Å². The Kier molecular flexibility index (Phi) is 5.71. The molecule has 0 aliphatic carbocycles. The molecule has 0 aromatic carbocycles. The molecule has 0 saturated carbocycles. The predicted octanol–water partition coefficient (Wildman–Crippen LogP) is 3.09. The van der Waals surface area contributed by atoms with E-state index in [1.165, 1.54) is 0 Å². The molecule has 178 valence electrons. The van der Waals surface area contributed by atoms with Crippen molar-refractivity contribution in [3.63, 3.8) is 0 Å².